The van der Waals surface area contributed by atoms with Crippen molar-refractivity contribution in [1.29, 1.82) is 0 Å². The van der Waals surface area contributed by atoms with Crippen LogP contribution in [0.4, 0.5) is 11.4 Å². The van der Waals surface area contributed by atoms with E-state index < -0.39 is 22.5 Å². The van der Waals surface area contributed by atoms with Gasteiger partial charge in [0, 0.05) is 12.7 Å². The van der Waals surface area contributed by atoms with E-state index in [1.165, 1.54) is 23.5 Å². The molecule has 1 aliphatic carbocycles. The zero-order valence-electron chi connectivity index (χ0n) is 15.7. The minimum Gasteiger partial charge on any atom is -0.455 e. The van der Waals surface area contributed by atoms with E-state index in [4.69, 9.17) is 4.74 Å². The molecule has 2 atom stereocenters. The summed E-state index contributed by atoms with van der Waals surface area (Å²) in [5.41, 5.74) is 0.835. The summed E-state index contributed by atoms with van der Waals surface area (Å²) in [4.78, 5) is 23.7. The topological polar surface area (TPSA) is 92.8 Å². The first-order valence-corrected chi connectivity index (χ1v) is 10.3. The van der Waals surface area contributed by atoms with Gasteiger partial charge in [-0.2, -0.15) is 0 Å². The fraction of sp³-hybridized carbons (Fsp3) is 0.300. The number of hydrogen-bond acceptors (Lipinski definition) is 5. The van der Waals surface area contributed by atoms with E-state index in [1.807, 2.05) is 6.92 Å². The lowest BCUT2D eigenvalue weighted by Gasteiger charge is -2.19. The van der Waals surface area contributed by atoms with Crippen molar-refractivity contribution >= 4 is 33.3 Å². The Labute approximate surface area is 164 Å². The summed E-state index contributed by atoms with van der Waals surface area (Å²) in [5, 5.41) is 2.56. The SMILES string of the molecule is C[C@H]1C[C@@H]1C(=O)OCC(=O)Nc1cccc(S(=O)(=O)N(C)c2ccccc2)c1. The number of sulfonamides is 1. The van der Waals surface area contributed by atoms with Crippen LogP contribution in [-0.2, 0) is 24.3 Å². The summed E-state index contributed by atoms with van der Waals surface area (Å²) < 4.78 is 31.8. The van der Waals surface area contributed by atoms with Crippen LogP contribution in [-0.4, -0.2) is 33.9 Å². The van der Waals surface area contributed by atoms with E-state index in [0.717, 1.165) is 6.42 Å². The predicted molar refractivity (Wildman–Crippen MR) is 105 cm³/mol. The van der Waals surface area contributed by atoms with Gasteiger partial charge in [-0.25, -0.2) is 8.42 Å². The van der Waals surface area contributed by atoms with Crippen molar-refractivity contribution in [2.24, 2.45) is 11.8 Å². The highest BCUT2D eigenvalue weighted by molar-refractivity contribution is 7.92. The normalized spacial score (nSPS) is 18.2. The molecule has 0 heterocycles. The molecule has 2 aromatic carbocycles. The molecule has 0 bridgehead atoms. The Morgan fingerprint density at radius 3 is 2.46 bits per heavy atom. The predicted octanol–water partition coefficient (Wildman–Crippen LogP) is 2.65. The molecule has 0 aromatic heterocycles. The third-order valence-electron chi connectivity index (χ3n) is 4.65. The molecule has 3 rings (SSSR count). The minimum absolute atomic E-state index is 0.0421. The Morgan fingerprint density at radius 1 is 1.14 bits per heavy atom. The van der Waals surface area contributed by atoms with E-state index in [1.54, 1.807) is 42.5 Å². The Hall–Kier alpha value is -2.87. The number of esters is 1. The van der Waals surface area contributed by atoms with Crippen LogP contribution in [0, 0.1) is 11.8 Å². The van der Waals surface area contributed by atoms with Crippen LogP contribution in [0.3, 0.4) is 0 Å². The molecule has 0 aliphatic heterocycles. The highest BCUT2D eigenvalue weighted by Crippen LogP contribution is 2.38. The van der Waals surface area contributed by atoms with Gasteiger partial charge in [0.1, 0.15) is 0 Å². The van der Waals surface area contributed by atoms with Crippen molar-refractivity contribution in [3.63, 3.8) is 0 Å². The molecule has 0 spiro atoms. The highest BCUT2D eigenvalue weighted by Gasteiger charge is 2.40. The molecule has 1 amide bonds. The number of rotatable bonds is 7. The van der Waals surface area contributed by atoms with E-state index in [2.05, 4.69) is 5.32 Å². The lowest BCUT2D eigenvalue weighted by Crippen LogP contribution is -2.26. The van der Waals surface area contributed by atoms with Gasteiger partial charge < -0.3 is 10.1 Å². The van der Waals surface area contributed by atoms with Crippen molar-refractivity contribution in [2.45, 2.75) is 18.2 Å². The molecule has 0 saturated heterocycles. The molecule has 1 N–H and O–H groups in total. The van der Waals surface area contributed by atoms with Gasteiger partial charge in [-0.15, -0.1) is 0 Å². The number of carbonyl (C=O) groups excluding carboxylic acids is 2. The van der Waals surface area contributed by atoms with Crippen LogP contribution < -0.4 is 9.62 Å². The lowest BCUT2D eigenvalue weighted by atomic mass is 10.3. The maximum Gasteiger partial charge on any atom is 0.309 e. The fourth-order valence-corrected chi connectivity index (χ4v) is 4.00. The van der Waals surface area contributed by atoms with Crippen molar-refractivity contribution in [1.82, 2.24) is 0 Å². The van der Waals surface area contributed by atoms with Crippen LogP contribution in [0.25, 0.3) is 0 Å². The molecule has 2 aromatic rings. The zero-order valence-corrected chi connectivity index (χ0v) is 16.5. The number of nitrogens with zero attached hydrogens (tertiary/aromatic N) is 1. The third-order valence-corrected chi connectivity index (χ3v) is 6.44. The second-order valence-electron chi connectivity index (χ2n) is 6.81. The van der Waals surface area contributed by atoms with Crippen LogP contribution in [0.2, 0.25) is 0 Å². The van der Waals surface area contributed by atoms with Gasteiger partial charge in [0.15, 0.2) is 6.61 Å². The number of amides is 1. The Kier molecular flexibility index (Phi) is 5.69. The summed E-state index contributed by atoms with van der Waals surface area (Å²) in [7, 11) is -2.32. The smallest absolute Gasteiger partial charge is 0.309 e. The number of benzene rings is 2. The fourth-order valence-electron chi connectivity index (χ4n) is 2.76. The first kappa shape index (κ1) is 19.9. The number of hydrogen-bond donors (Lipinski definition) is 1. The second kappa shape index (κ2) is 8.02. The molecule has 1 fully saturated rings. The number of nitrogens with one attached hydrogen (secondary N) is 1. The molecular weight excluding hydrogens is 380 g/mol. The summed E-state index contributed by atoms with van der Waals surface area (Å²) >= 11 is 0. The number of para-hydroxylation sites is 1. The first-order valence-electron chi connectivity index (χ1n) is 8.89. The molecule has 8 heteroatoms. The molecule has 0 unspecified atom stereocenters. The molecule has 7 nitrogen and oxygen atoms in total. The van der Waals surface area contributed by atoms with Gasteiger partial charge in [0.2, 0.25) is 0 Å². The van der Waals surface area contributed by atoms with Gasteiger partial charge in [-0.05, 0) is 42.7 Å². The summed E-state index contributed by atoms with van der Waals surface area (Å²) in [6.07, 6.45) is 0.787. The number of carbonyl (C=O) groups is 2. The largest absolute Gasteiger partial charge is 0.455 e. The maximum atomic E-state index is 12.8. The molecule has 1 saturated carbocycles. The van der Waals surface area contributed by atoms with Crippen LogP contribution >= 0.6 is 0 Å². The van der Waals surface area contributed by atoms with E-state index in [9.17, 15) is 18.0 Å². The minimum atomic E-state index is -3.79. The standard InChI is InChI=1S/C20H22N2O5S/c1-14-11-18(14)20(24)27-13-19(23)21-15-7-6-10-17(12-15)28(25,26)22(2)16-8-4-3-5-9-16/h3-10,12,14,18H,11,13H2,1-2H3,(H,21,23)/t14-,18-/m0/s1. The quantitative estimate of drug-likeness (QED) is 0.719. The van der Waals surface area contributed by atoms with Crippen molar-refractivity contribution < 1.29 is 22.7 Å². The monoisotopic (exact) mass is 402 g/mol. The lowest BCUT2D eigenvalue weighted by molar-refractivity contribution is -0.148. The second-order valence-corrected chi connectivity index (χ2v) is 8.78. The van der Waals surface area contributed by atoms with Crippen molar-refractivity contribution in [3.05, 3.63) is 54.6 Å². The van der Waals surface area contributed by atoms with E-state index >= 15 is 0 Å². The molecule has 28 heavy (non-hydrogen) atoms. The number of anilines is 2. The van der Waals surface area contributed by atoms with E-state index in [0.29, 0.717) is 17.3 Å². The summed E-state index contributed by atoms with van der Waals surface area (Å²) in [5.74, 6) is -0.704. The number of ether oxygens (including phenoxy) is 1. The molecule has 148 valence electrons. The Morgan fingerprint density at radius 2 is 1.82 bits per heavy atom. The van der Waals surface area contributed by atoms with Gasteiger partial charge in [-0.1, -0.05) is 31.2 Å². The highest BCUT2D eigenvalue weighted by atomic mass is 32.2. The van der Waals surface area contributed by atoms with Crippen LogP contribution in [0.1, 0.15) is 13.3 Å². The van der Waals surface area contributed by atoms with Crippen molar-refractivity contribution in [2.75, 3.05) is 23.3 Å². The van der Waals surface area contributed by atoms with E-state index in [-0.39, 0.29) is 16.8 Å². The van der Waals surface area contributed by atoms with Gasteiger partial charge >= 0.3 is 5.97 Å². The average molecular weight is 402 g/mol. The zero-order chi connectivity index (χ0) is 20.3. The Bertz CT molecular complexity index is 975. The molecule has 1 aliphatic rings. The summed E-state index contributed by atoms with van der Waals surface area (Å²) in [6, 6.07) is 14.6. The van der Waals surface area contributed by atoms with Crippen molar-refractivity contribution in [3.8, 4) is 0 Å². The average Bonchev–Trinajstić information content (AvgIpc) is 3.43. The van der Waals surface area contributed by atoms with Crippen LogP contribution in [0.15, 0.2) is 59.5 Å². The first-order chi connectivity index (χ1) is 13.3. The Balaban J connectivity index is 1.66. The third kappa shape index (κ3) is 4.51. The molecular formula is C20H22N2O5S. The molecule has 0 radical (unpaired) electrons. The van der Waals surface area contributed by atoms with Gasteiger partial charge in [0.05, 0.1) is 16.5 Å². The summed E-state index contributed by atoms with van der Waals surface area (Å²) in [6.45, 7) is 1.55. The van der Waals surface area contributed by atoms with Crippen LogP contribution in [0.5, 0.6) is 0 Å². The van der Waals surface area contributed by atoms with Gasteiger partial charge in [-0.3, -0.25) is 13.9 Å². The maximum absolute atomic E-state index is 12.8. The van der Waals surface area contributed by atoms with Gasteiger partial charge in [0.25, 0.3) is 15.9 Å².